The normalized spacial score (nSPS) is 15.2. The second-order valence-corrected chi connectivity index (χ2v) is 7.27. The summed E-state index contributed by atoms with van der Waals surface area (Å²) in [4.78, 5) is 29.6. The predicted molar refractivity (Wildman–Crippen MR) is 107 cm³/mol. The van der Waals surface area contributed by atoms with Crippen molar-refractivity contribution >= 4 is 23.3 Å². The van der Waals surface area contributed by atoms with Gasteiger partial charge in [-0.1, -0.05) is 29.8 Å². The Kier molecular flexibility index (Phi) is 4.47. The lowest BCUT2D eigenvalue weighted by Crippen LogP contribution is -2.23. The SMILES string of the molecule is O=c1[nH]c(O)c(C=c2cnn3c(=NC4CC4)nc(OCc4ccccc4Cl)nc23)[nH]1. The third kappa shape index (κ3) is 3.64. The van der Waals surface area contributed by atoms with E-state index in [-0.39, 0.29) is 30.2 Å². The van der Waals surface area contributed by atoms with Gasteiger partial charge >= 0.3 is 11.7 Å². The van der Waals surface area contributed by atoms with Crippen LogP contribution in [0.15, 0.2) is 40.2 Å². The molecule has 1 aliphatic carbocycles. The zero-order valence-electron chi connectivity index (χ0n) is 15.5. The molecule has 1 aromatic carbocycles. The highest BCUT2D eigenvalue weighted by molar-refractivity contribution is 6.31. The average Bonchev–Trinajstić information content (AvgIpc) is 3.36. The van der Waals surface area contributed by atoms with Crippen LogP contribution in [0, 0.1) is 0 Å². The van der Waals surface area contributed by atoms with Gasteiger partial charge in [0.2, 0.25) is 5.88 Å². The van der Waals surface area contributed by atoms with Gasteiger partial charge in [-0.2, -0.15) is 19.6 Å². The van der Waals surface area contributed by atoms with Crippen LogP contribution in [0.4, 0.5) is 0 Å². The molecule has 1 fully saturated rings. The van der Waals surface area contributed by atoms with Crippen molar-refractivity contribution in [2.45, 2.75) is 25.5 Å². The Balaban J connectivity index is 1.60. The average molecular weight is 426 g/mol. The van der Waals surface area contributed by atoms with Crippen molar-refractivity contribution in [3.63, 3.8) is 0 Å². The maximum Gasteiger partial charge on any atom is 0.326 e. The zero-order chi connectivity index (χ0) is 20.7. The molecule has 30 heavy (non-hydrogen) atoms. The van der Waals surface area contributed by atoms with E-state index in [1.54, 1.807) is 18.3 Å². The number of hydrogen-bond donors (Lipinski definition) is 3. The molecule has 5 rings (SSSR count). The minimum atomic E-state index is -0.516. The van der Waals surface area contributed by atoms with Crippen LogP contribution >= 0.6 is 11.6 Å². The number of aromatic amines is 2. The zero-order valence-corrected chi connectivity index (χ0v) is 16.3. The van der Waals surface area contributed by atoms with Crippen molar-refractivity contribution in [3.05, 3.63) is 68.1 Å². The van der Waals surface area contributed by atoms with Gasteiger partial charge < -0.3 is 14.8 Å². The number of nitrogens with one attached hydrogen (secondary N) is 2. The lowest BCUT2D eigenvalue weighted by molar-refractivity contribution is 0.278. The number of aromatic nitrogens is 6. The highest BCUT2D eigenvalue weighted by atomic mass is 35.5. The molecular weight excluding hydrogens is 410 g/mol. The van der Waals surface area contributed by atoms with Crippen LogP contribution < -0.4 is 21.3 Å². The highest BCUT2D eigenvalue weighted by Gasteiger charge is 2.21. The Hall–Kier alpha value is -3.66. The molecule has 0 spiro atoms. The van der Waals surface area contributed by atoms with Crippen LogP contribution in [0.2, 0.25) is 5.02 Å². The summed E-state index contributed by atoms with van der Waals surface area (Å²) >= 11 is 6.19. The summed E-state index contributed by atoms with van der Waals surface area (Å²) in [5.41, 5.74) is 1.31. The number of fused-ring (bicyclic) bond motifs is 1. The lowest BCUT2D eigenvalue weighted by atomic mass is 10.2. The number of hydrogen-bond acceptors (Lipinski definition) is 7. The lowest BCUT2D eigenvalue weighted by Gasteiger charge is -2.06. The standard InChI is InChI=1S/C19H16ClN7O3/c20-13-4-2-1-3-10(13)9-30-19-24-15-11(7-14-16(28)25-18(29)23-14)8-21-27(15)17(26-19)22-12-5-6-12/h1-4,7-8,12,28H,5-6,9H2,(H2,23,25,29). The van der Waals surface area contributed by atoms with Crippen molar-refractivity contribution in [2.75, 3.05) is 0 Å². The number of ether oxygens (including phenoxy) is 1. The van der Waals surface area contributed by atoms with Crippen LogP contribution in [-0.2, 0) is 6.61 Å². The Morgan fingerprint density at radius 2 is 2.13 bits per heavy atom. The smallest absolute Gasteiger partial charge is 0.326 e. The topological polar surface area (TPSA) is 134 Å². The Labute approximate surface area is 173 Å². The van der Waals surface area contributed by atoms with E-state index in [4.69, 9.17) is 16.3 Å². The Morgan fingerprint density at radius 3 is 2.87 bits per heavy atom. The van der Waals surface area contributed by atoms with Crippen LogP contribution in [0.25, 0.3) is 11.7 Å². The molecule has 3 N–H and O–H groups in total. The van der Waals surface area contributed by atoms with Crippen molar-refractivity contribution in [2.24, 2.45) is 4.99 Å². The number of benzene rings is 1. The summed E-state index contributed by atoms with van der Waals surface area (Å²) in [6.45, 7) is 0.192. The highest BCUT2D eigenvalue weighted by Crippen LogP contribution is 2.22. The molecule has 1 saturated carbocycles. The van der Waals surface area contributed by atoms with Gasteiger partial charge in [-0.25, -0.2) is 9.79 Å². The third-order valence-corrected chi connectivity index (χ3v) is 4.92. The minimum absolute atomic E-state index is 0.128. The first-order valence-electron chi connectivity index (χ1n) is 9.25. The van der Waals surface area contributed by atoms with E-state index in [1.807, 2.05) is 18.2 Å². The van der Waals surface area contributed by atoms with E-state index in [0.29, 0.717) is 21.5 Å². The summed E-state index contributed by atoms with van der Waals surface area (Å²) in [6, 6.07) is 7.70. The Morgan fingerprint density at radius 1 is 1.30 bits per heavy atom. The first-order valence-corrected chi connectivity index (χ1v) is 9.63. The first kappa shape index (κ1) is 18.4. The summed E-state index contributed by atoms with van der Waals surface area (Å²) in [7, 11) is 0. The Bertz CT molecular complexity index is 1420. The molecule has 11 heteroatoms. The molecule has 0 atom stereocenters. The molecule has 0 amide bonds. The first-order chi connectivity index (χ1) is 14.6. The number of halogens is 1. The summed E-state index contributed by atoms with van der Waals surface area (Å²) in [5.74, 6) is -0.272. The molecular formula is C19H16ClN7O3. The van der Waals surface area contributed by atoms with E-state index in [9.17, 15) is 9.90 Å². The van der Waals surface area contributed by atoms with Crippen LogP contribution in [-0.4, -0.2) is 40.7 Å². The van der Waals surface area contributed by atoms with Gasteiger partial charge in [0.1, 0.15) is 12.3 Å². The van der Waals surface area contributed by atoms with Gasteiger partial charge in [-0.15, -0.1) is 0 Å². The maximum atomic E-state index is 11.4. The van der Waals surface area contributed by atoms with E-state index in [0.717, 1.165) is 18.4 Å². The summed E-state index contributed by atoms with van der Waals surface area (Å²) in [5, 5.41) is 15.3. The fourth-order valence-electron chi connectivity index (χ4n) is 2.88. The van der Waals surface area contributed by atoms with Gasteiger partial charge in [0.15, 0.2) is 5.65 Å². The molecule has 1 aliphatic rings. The molecule has 3 aromatic heterocycles. The van der Waals surface area contributed by atoms with Crippen LogP contribution in [0.1, 0.15) is 24.1 Å². The monoisotopic (exact) mass is 425 g/mol. The predicted octanol–water partition coefficient (Wildman–Crippen LogP) is 0.689. The largest absolute Gasteiger partial charge is 0.493 e. The molecule has 0 bridgehead atoms. The van der Waals surface area contributed by atoms with E-state index < -0.39 is 5.69 Å². The minimum Gasteiger partial charge on any atom is -0.493 e. The molecule has 4 aromatic rings. The maximum absolute atomic E-state index is 11.4. The number of aromatic hydroxyl groups is 1. The van der Waals surface area contributed by atoms with Crippen molar-refractivity contribution < 1.29 is 9.84 Å². The molecule has 0 radical (unpaired) electrons. The fourth-order valence-corrected chi connectivity index (χ4v) is 3.07. The summed E-state index contributed by atoms with van der Waals surface area (Å²) in [6.07, 6.45) is 5.11. The number of rotatable bonds is 5. The number of H-pyrrole nitrogens is 2. The van der Waals surface area contributed by atoms with Gasteiger partial charge in [-0.3, -0.25) is 4.98 Å². The molecule has 152 valence electrons. The third-order valence-electron chi connectivity index (χ3n) is 4.55. The molecule has 3 heterocycles. The van der Waals surface area contributed by atoms with E-state index in [2.05, 4.69) is 30.0 Å². The summed E-state index contributed by atoms with van der Waals surface area (Å²) < 4.78 is 7.30. The van der Waals surface area contributed by atoms with Crippen LogP contribution in [0.5, 0.6) is 11.9 Å². The van der Waals surface area contributed by atoms with Crippen molar-refractivity contribution in [1.82, 2.24) is 29.5 Å². The van der Waals surface area contributed by atoms with Crippen molar-refractivity contribution in [1.29, 1.82) is 0 Å². The second-order valence-electron chi connectivity index (χ2n) is 6.87. The fraction of sp³-hybridized carbons (Fsp3) is 0.211. The van der Waals surface area contributed by atoms with Gasteiger partial charge in [0.25, 0.3) is 5.62 Å². The van der Waals surface area contributed by atoms with E-state index in [1.165, 1.54) is 4.52 Å². The van der Waals surface area contributed by atoms with Gasteiger partial charge in [0, 0.05) is 15.8 Å². The molecule has 0 saturated heterocycles. The van der Waals surface area contributed by atoms with Crippen LogP contribution in [0.3, 0.4) is 0 Å². The molecule has 0 unspecified atom stereocenters. The molecule has 10 nitrogen and oxygen atoms in total. The van der Waals surface area contributed by atoms with Crippen molar-refractivity contribution in [3.8, 4) is 11.9 Å². The van der Waals surface area contributed by atoms with Gasteiger partial charge in [-0.05, 0) is 25.0 Å². The van der Waals surface area contributed by atoms with E-state index >= 15 is 0 Å². The second kappa shape index (κ2) is 7.30. The molecule has 0 aliphatic heterocycles. The van der Waals surface area contributed by atoms with Gasteiger partial charge in [0.05, 0.1) is 12.2 Å². The number of nitrogens with zero attached hydrogens (tertiary/aromatic N) is 5. The number of imidazole rings is 1. The quantitative estimate of drug-likeness (QED) is 0.430.